The van der Waals surface area contributed by atoms with Crippen LogP contribution in [0.3, 0.4) is 0 Å². The van der Waals surface area contributed by atoms with Gasteiger partial charge in [0.05, 0.1) is 11.3 Å². The largest absolute Gasteiger partial charge is 0.452 e. The van der Waals surface area contributed by atoms with Gasteiger partial charge in [0.1, 0.15) is 17.2 Å². The van der Waals surface area contributed by atoms with Crippen LogP contribution in [0.25, 0.3) is 0 Å². The molecule has 0 spiro atoms. The van der Waals surface area contributed by atoms with Crippen LogP contribution >= 0.6 is 0 Å². The van der Waals surface area contributed by atoms with Gasteiger partial charge in [0.25, 0.3) is 5.91 Å². The quantitative estimate of drug-likeness (QED) is 0.729. The first kappa shape index (κ1) is 21.8. The van der Waals surface area contributed by atoms with Crippen molar-refractivity contribution in [3.8, 4) is 0 Å². The van der Waals surface area contributed by atoms with Crippen LogP contribution in [0.2, 0.25) is 0 Å². The van der Waals surface area contributed by atoms with Gasteiger partial charge in [-0.1, -0.05) is 0 Å². The van der Waals surface area contributed by atoms with Crippen molar-refractivity contribution < 1.29 is 32.6 Å². The average molecular weight is 406 g/mol. The predicted molar refractivity (Wildman–Crippen MR) is 102 cm³/mol. The van der Waals surface area contributed by atoms with E-state index in [1.165, 1.54) is 24.3 Å². The highest BCUT2D eigenvalue weighted by Gasteiger charge is 2.17. The van der Waals surface area contributed by atoms with E-state index in [1.54, 1.807) is 20.8 Å². The minimum Gasteiger partial charge on any atom is -0.452 e. The van der Waals surface area contributed by atoms with Gasteiger partial charge in [0, 0.05) is 11.8 Å². The molecule has 0 aromatic heterocycles. The molecule has 0 aliphatic rings. The Morgan fingerprint density at radius 2 is 1.62 bits per heavy atom. The smallest absolute Gasteiger partial charge is 0.412 e. The number of carbonyl (C=O) groups excluding carboxylic acids is 3. The third kappa shape index (κ3) is 7.21. The summed E-state index contributed by atoms with van der Waals surface area (Å²) < 4.78 is 36.3. The van der Waals surface area contributed by atoms with E-state index < -0.39 is 41.8 Å². The van der Waals surface area contributed by atoms with E-state index in [-0.39, 0.29) is 11.3 Å². The van der Waals surface area contributed by atoms with E-state index in [2.05, 4.69) is 10.6 Å². The molecule has 2 aromatic carbocycles. The number of hydrogen-bond acceptors (Lipinski definition) is 5. The summed E-state index contributed by atoms with van der Waals surface area (Å²) in [5.74, 6) is -3.30. The lowest BCUT2D eigenvalue weighted by Crippen LogP contribution is -2.27. The van der Waals surface area contributed by atoms with E-state index in [1.807, 2.05) is 0 Å². The number of ether oxygens (including phenoxy) is 2. The molecule has 2 amide bonds. The van der Waals surface area contributed by atoms with Gasteiger partial charge in [-0.05, 0) is 57.2 Å². The molecule has 0 saturated heterocycles. The summed E-state index contributed by atoms with van der Waals surface area (Å²) in [5.41, 5.74) is -0.337. The fourth-order valence-electron chi connectivity index (χ4n) is 2.10. The highest BCUT2D eigenvalue weighted by Crippen LogP contribution is 2.15. The molecule has 0 bridgehead atoms. The van der Waals surface area contributed by atoms with Gasteiger partial charge in [-0.2, -0.15) is 0 Å². The molecule has 0 saturated carbocycles. The summed E-state index contributed by atoms with van der Waals surface area (Å²) in [6, 6.07) is 8.38. The van der Waals surface area contributed by atoms with Gasteiger partial charge in [0.2, 0.25) is 0 Å². The summed E-state index contributed by atoms with van der Waals surface area (Å²) in [6.07, 6.45) is -0.641. The number of halogens is 2. The van der Waals surface area contributed by atoms with Gasteiger partial charge < -0.3 is 14.8 Å². The number of rotatable bonds is 5. The van der Waals surface area contributed by atoms with Gasteiger partial charge >= 0.3 is 12.1 Å². The Balaban J connectivity index is 1.85. The third-order valence-electron chi connectivity index (χ3n) is 3.31. The second-order valence-electron chi connectivity index (χ2n) is 6.95. The number of nitrogens with one attached hydrogen (secondary N) is 2. The van der Waals surface area contributed by atoms with Gasteiger partial charge in [-0.15, -0.1) is 0 Å². The van der Waals surface area contributed by atoms with Crippen LogP contribution in [0.15, 0.2) is 42.5 Å². The Labute approximate surface area is 166 Å². The number of anilines is 2. The van der Waals surface area contributed by atoms with Crippen molar-refractivity contribution in [2.45, 2.75) is 26.4 Å². The predicted octanol–water partition coefficient (Wildman–Crippen LogP) is 4.11. The second kappa shape index (κ2) is 9.13. The normalized spacial score (nSPS) is 10.8. The summed E-state index contributed by atoms with van der Waals surface area (Å²) in [7, 11) is 0. The Kier molecular flexibility index (Phi) is 6.87. The van der Waals surface area contributed by atoms with Crippen LogP contribution in [-0.4, -0.2) is 30.2 Å². The van der Waals surface area contributed by atoms with Crippen LogP contribution < -0.4 is 10.6 Å². The minimum absolute atomic E-state index is 0.139. The maximum absolute atomic E-state index is 13.5. The molecule has 2 N–H and O–H groups in total. The number of amides is 2. The number of hydrogen-bond donors (Lipinski definition) is 2. The summed E-state index contributed by atoms with van der Waals surface area (Å²) in [6.45, 7) is 4.53. The molecule has 2 rings (SSSR count). The Hall–Kier alpha value is -3.49. The van der Waals surface area contributed by atoms with Gasteiger partial charge in [0.15, 0.2) is 6.61 Å². The second-order valence-corrected chi connectivity index (χ2v) is 6.95. The highest BCUT2D eigenvalue weighted by molar-refractivity contribution is 5.96. The van der Waals surface area contributed by atoms with Gasteiger partial charge in [-0.3, -0.25) is 10.1 Å². The maximum Gasteiger partial charge on any atom is 0.412 e. The van der Waals surface area contributed by atoms with E-state index in [9.17, 15) is 23.2 Å². The van der Waals surface area contributed by atoms with Crippen molar-refractivity contribution in [3.05, 3.63) is 59.7 Å². The molecule has 0 radical (unpaired) electrons. The van der Waals surface area contributed by atoms with E-state index in [0.717, 1.165) is 12.1 Å². The molecule has 0 aliphatic heterocycles. The topological polar surface area (TPSA) is 93.7 Å². The Morgan fingerprint density at radius 3 is 2.21 bits per heavy atom. The fourth-order valence-corrected chi connectivity index (χ4v) is 2.10. The first-order chi connectivity index (χ1) is 13.5. The molecule has 154 valence electrons. The maximum atomic E-state index is 13.5. The molecule has 0 heterocycles. The zero-order valence-corrected chi connectivity index (χ0v) is 16.0. The lowest BCUT2D eigenvalue weighted by atomic mass is 10.2. The highest BCUT2D eigenvalue weighted by atomic mass is 19.1. The Morgan fingerprint density at radius 1 is 0.966 bits per heavy atom. The molecule has 0 aliphatic carbocycles. The summed E-state index contributed by atoms with van der Waals surface area (Å²) in [5, 5.41) is 4.69. The van der Waals surface area contributed by atoms with Crippen molar-refractivity contribution >= 4 is 29.3 Å². The van der Waals surface area contributed by atoms with Crippen molar-refractivity contribution in [1.82, 2.24) is 0 Å². The standard InChI is InChI=1S/C20H20F2N2O5/c1-20(2,3)29-19(27)23-14-7-4-12(5-8-14)18(26)28-11-17(25)24-16-9-6-13(21)10-15(16)22/h4-10H,11H2,1-3H3,(H,23,27)(H,24,25). The first-order valence-corrected chi connectivity index (χ1v) is 8.55. The number of esters is 1. The molecular formula is C20H20F2N2O5. The van der Waals surface area contributed by atoms with E-state index >= 15 is 0 Å². The molecule has 29 heavy (non-hydrogen) atoms. The van der Waals surface area contributed by atoms with Crippen LogP contribution in [0, 0.1) is 11.6 Å². The van der Waals surface area contributed by atoms with Crippen LogP contribution in [0.5, 0.6) is 0 Å². The molecule has 7 nitrogen and oxygen atoms in total. The Bertz CT molecular complexity index is 908. The minimum atomic E-state index is -0.947. The van der Waals surface area contributed by atoms with Crippen LogP contribution in [0.1, 0.15) is 31.1 Å². The lowest BCUT2D eigenvalue weighted by Gasteiger charge is -2.19. The summed E-state index contributed by atoms with van der Waals surface area (Å²) in [4.78, 5) is 35.5. The molecule has 0 atom stereocenters. The van der Waals surface area contributed by atoms with E-state index in [0.29, 0.717) is 11.8 Å². The van der Waals surface area contributed by atoms with Crippen LogP contribution in [-0.2, 0) is 14.3 Å². The van der Waals surface area contributed by atoms with Crippen molar-refractivity contribution in [1.29, 1.82) is 0 Å². The van der Waals surface area contributed by atoms with Crippen molar-refractivity contribution in [2.75, 3.05) is 17.2 Å². The van der Waals surface area contributed by atoms with Crippen molar-refractivity contribution in [3.63, 3.8) is 0 Å². The number of carbonyl (C=O) groups is 3. The number of benzene rings is 2. The average Bonchev–Trinajstić information content (AvgIpc) is 2.61. The zero-order valence-electron chi connectivity index (χ0n) is 16.0. The SMILES string of the molecule is CC(C)(C)OC(=O)Nc1ccc(C(=O)OCC(=O)Nc2ccc(F)cc2F)cc1. The monoisotopic (exact) mass is 406 g/mol. The zero-order chi connectivity index (χ0) is 21.6. The molecule has 0 unspecified atom stereocenters. The van der Waals surface area contributed by atoms with E-state index in [4.69, 9.17) is 9.47 Å². The van der Waals surface area contributed by atoms with Gasteiger partial charge in [-0.25, -0.2) is 18.4 Å². The molecule has 0 fully saturated rings. The van der Waals surface area contributed by atoms with Crippen LogP contribution in [0.4, 0.5) is 25.0 Å². The lowest BCUT2D eigenvalue weighted by molar-refractivity contribution is -0.119. The molecular weight excluding hydrogens is 386 g/mol. The molecule has 9 heteroatoms. The third-order valence-corrected chi connectivity index (χ3v) is 3.31. The van der Waals surface area contributed by atoms with Crippen molar-refractivity contribution in [2.24, 2.45) is 0 Å². The molecule has 2 aromatic rings. The fraction of sp³-hybridized carbons (Fsp3) is 0.250. The first-order valence-electron chi connectivity index (χ1n) is 8.55. The summed E-state index contributed by atoms with van der Waals surface area (Å²) >= 11 is 0.